The number of hydrogen-bond acceptors (Lipinski definition) is 6. The smallest absolute Gasteiger partial charge is 0.269 e. The fraction of sp³-hybridized carbons (Fsp3) is 0.409. The molecule has 1 amide bonds. The lowest BCUT2D eigenvalue weighted by Gasteiger charge is -2.36. The van der Waals surface area contributed by atoms with E-state index in [0.717, 1.165) is 28.8 Å². The minimum absolute atomic E-state index is 0.0416. The highest BCUT2D eigenvalue weighted by Gasteiger charge is 2.43. The van der Waals surface area contributed by atoms with Gasteiger partial charge in [0, 0.05) is 41.9 Å². The molecule has 0 aromatic heterocycles. The molecule has 8 heteroatoms. The lowest BCUT2D eigenvalue weighted by Crippen LogP contribution is -2.39. The van der Waals surface area contributed by atoms with E-state index in [1.165, 1.54) is 12.1 Å². The molecule has 0 saturated carbocycles. The number of nitrogens with one attached hydrogen (secondary N) is 1. The van der Waals surface area contributed by atoms with Gasteiger partial charge >= 0.3 is 0 Å². The summed E-state index contributed by atoms with van der Waals surface area (Å²) in [6.07, 6.45) is 0.733. The van der Waals surface area contributed by atoms with E-state index in [0.29, 0.717) is 25.3 Å². The Labute approximate surface area is 174 Å². The van der Waals surface area contributed by atoms with E-state index >= 15 is 0 Å². The third-order valence-corrected chi connectivity index (χ3v) is 6.04. The van der Waals surface area contributed by atoms with Crippen LogP contribution in [0.25, 0.3) is 0 Å². The standard InChI is InChI=1S/C22H25N3O5/c1-3-30-19-9-8-17-20-15(11-24(17)12-26)10-18(27)22(21(19)20)23-13(2)14-4-6-16(7-5-14)25(28)29/h4-9,12-13,15,18,22-23,27H,3,10-11H2,1-2H3. The summed E-state index contributed by atoms with van der Waals surface area (Å²) >= 11 is 0. The minimum atomic E-state index is -0.649. The van der Waals surface area contributed by atoms with Crippen molar-refractivity contribution in [2.75, 3.05) is 18.1 Å². The van der Waals surface area contributed by atoms with E-state index < -0.39 is 11.0 Å². The second kappa shape index (κ2) is 8.04. The molecule has 1 heterocycles. The van der Waals surface area contributed by atoms with Crippen molar-refractivity contribution in [3.05, 3.63) is 63.2 Å². The van der Waals surface area contributed by atoms with Crippen LogP contribution in [0, 0.1) is 10.1 Å². The van der Waals surface area contributed by atoms with Gasteiger partial charge in [0.1, 0.15) is 5.75 Å². The van der Waals surface area contributed by atoms with Gasteiger partial charge in [-0.3, -0.25) is 14.9 Å². The predicted molar refractivity (Wildman–Crippen MR) is 112 cm³/mol. The fourth-order valence-electron chi connectivity index (χ4n) is 4.67. The third-order valence-electron chi connectivity index (χ3n) is 6.04. The highest BCUT2D eigenvalue weighted by molar-refractivity contribution is 5.83. The average Bonchev–Trinajstić information content (AvgIpc) is 3.10. The number of carbonyl (C=O) groups is 1. The van der Waals surface area contributed by atoms with Crippen molar-refractivity contribution in [3.63, 3.8) is 0 Å². The van der Waals surface area contributed by atoms with Gasteiger partial charge in [-0.05, 0) is 43.5 Å². The highest BCUT2D eigenvalue weighted by Crippen LogP contribution is 2.51. The molecule has 4 unspecified atom stereocenters. The zero-order valence-electron chi connectivity index (χ0n) is 16.9. The van der Waals surface area contributed by atoms with E-state index in [9.17, 15) is 20.0 Å². The van der Waals surface area contributed by atoms with E-state index in [4.69, 9.17) is 4.74 Å². The van der Waals surface area contributed by atoms with Gasteiger partial charge < -0.3 is 20.1 Å². The second-order valence-corrected chi connectivity index (χ2v) is 7.82. The van der Waals surface area contributed by atoms with Crippen LogP contribution >= 0.6 is 0 Å². The Balaban J connectivity index is 1.69. The SMILES string of the molecule is CCOc1ccc2c3c1C(NC(C)c1ccc([N+](=O)[O-])cc1)C(O)CC3CN2C=O. The molecule has 1 aliphatic heterocycles. The molecule has 2 aromatic rings. The number of benzene rings is 2. The molecule has 0 bridgehead atoms. The Bertz CT molecular complexity index is 962. The number of carbonyl (C=O) groups excluding carboxylic acids is 1. The zero-order chi connectivity index (χ0) is 21.4. The van der Waals surface area contributed by atoms with Crippen molar-refractivity contribution >= 4 is 17.8 Å². The van der Waals surface area contributed by atoms with Gasteiger partial charge in [0.15, 0.2) is 0 Å². The maximum atomic E-state index is 11.5. The molecule has 0 radical (unpaired) electrons. The Morgan fingerprint density at radius 3 is 2.67 bits per heavy atom. The number of nitrogens with zero attached hydrogens (tertiary/aromatic N) is 2. The van der Waals surface area contributed by atoms with E-state index in [2.05, 4.69) is 5.32 Å². The molecule has 30 heavy (non-hydrogen) atoms. The normalized spacial score (nSPS) is 23.0. The summed E-state index contributed by atoms with van der Waals surface area (Å²) in [6.45, 7) is 4.93. The van der Waals surface area contributed by atoms with Crippen molar-refractivity contribution in [2.45, 2.75) is 44.4 Å². The highest BCUT2D eigenvalue weighted by atomic mass is 16.6. The number of amides is 1. The van der Waals surface area contributed by atoms with Crippen LogP contribution in [0.2, 0.25) is 0 Å². The molecule has 8 nitrogen and oxygen atoms in total. The van der Waals surface area contributed by atoms with E-state index in [1.54, 1.807) is 17.0 Å². The lowest BCUT2D eigenvalue weighted by atomic mass is 9.78. The second-order valence-electron chi connectivity index (χ2n) is 7.82. The van der Waals surface area contributed by atoms with Gasteiger partial charge in [0.05, 0.1) is 23.7 Å². The topological polar surface area (TPSA) is 105 Å². The molecule has 158 valence electrons. The number of non-ortho nitro benzene ring substituents is 1. The molecule has 2 N–H and O–H groups in total. The number of anilines is 1. The van der Waals surface area contributed by atoms with Crippen molar-refractivity contribution in [2.24, 2.45) is 0 Å². The molecule has 2 aromatic carbocycles. The van der Waals surface area contributed by atoms with Crippen LogP contribution < -0.4 is 15.0 Å². The largest absolute Gasteiger partial charge is 0.494 e. The summed E-state index contributed by atoms with van der Waals surface area (Å²) in [7, 11) is 0. The lowest BCUT2D eigenvalue weighted by molar-refractivity contribution is -0.384. The first-order chi connectivity index (χ1) is 14.4. The molecule has 0 spiro atoms. The van der Waals surface area contributed by atoms with Gasteiger partial charge in [-0.1, -0.05) is 12.1 Å². The van der Waals surface area contributed by atoms with Gasteiger partial charge in [-0.15, -0.1) is 0 Å². The van der Waals surface area contributed by atoms with Crippen molar-refractivity contribution in [3.8, 4) is 5.75 Å². The number of hydrogen-bond donors (Lipinski definition) is 2. The number of rotatable bonds is 7. The first kappa shape index (κ1) is 20.3. The summed E-state index contributed by atoms with van der Waals surface area (Å²) < 4.78 is 5.88. The van der Waals surface area contributed by atoms with Crippen LogP contribution in [0.1, 0.15) is 55.0 Å². The minimum Gasteiger partial charge on any atom is -0.494 e. The molecule has 1 aliphatic carbocycles. The maximum absolute atomic E-state index is 11.5. The number of ether oxygens (including phenoxy) is 1. The summed E-state index contributed by atoms with van der Waals surface area (Å²) in [4.78, 5) is 23.7. The van der Waals surface area contributed by atoms with Crippen molar-refractivity contribution in [1.29, 1.82) is 0 Å². The molecule has 2 aliphatic rings. The van der Waals surface area contributed by atoms with Gasteiger partial charge in [0.25, 0.3) is 5.69 Å². The van der Waals surface area contributed by atoms with Crippen molar-refractivity contribution < 1.29 is 19.6 Å². The van der Waals surface area contributed by atoms with E-state index in [1.807, 2.05) is 26.0 Å². The fourth-order valence-corrected chi connectivity index (χ4v) is 4.67. The quantitative estimate of drug-likeness (QED) is 0.412. The third kappa shape index (κ3) is 3.42. The Morgan fingerprint density at radius 2 is 2.03 bits per heavy atom. The number of aliphatic hydroxyl groups is 1. The van der Waals surface area contributed by atoms with Crippen LogP contribution in [-0.2, 0) is 4.79 Å². The molecule has 4 atom stereocenters. The first-order valence-electron chi connectivity index (χ1n) is 10.1. The summed E-state index contributed by atoms with van der Waals surface area (Å²) in [6, 6.07) is 9.64. The van der Waals surface area contributed by atoms with Crippen LogP contribution in [0.3, 0.4) is 0 Å². The predicted octanol–water partition coefficient (Wildman–Crippen LogP) is 3.21. The zero-order valence-corrected chi connectivity index (χ0v) is 16.9. The number of aliphatic hydroxyl groups excluding tert-OH is 1. The summed E-state index contributed by atoms with van der Waals surface area (Å²) in [5, 5.41) is 25.4. The van der Waals surface area contributed by atoms with Crippen LogP contribution in [-0.4, -0.2) is 35.7 Å². The van der Waals surface area contributed by atoms with Crippen molar-refractivity contribution in [1.82, 2.24) is 5.32 Å². The van der Waals surface area contributed by atoms with Gasteiger partial charge in [-0.2, -0.15) is 0 Å². The van der Waals surface area contributed by atoms with Crippen LogP contribution in [0.15, 0.2) is 36.4 Å². The molecule has 0 saturated heterocycles. The maximum Gasteiger partial charge on any atom is 0.269 e. The average molecular weight is 411 g/mol. The molecule has 0 fully saturated rings. The molecular weight excluding hydrogens is 386 g/mol. The number of nitro groups is 1. The summed E-state index contributed by atoms with van der Waals surface area (Å²) in [5.74, 6) is 0.782. The monoisotopic (exact) mass is 411 g/mol. The summed E-state index contributed by atoms with van der Waals surface area (Å²) in [5.41, 5.74) is 3.76. The molecular formula is C22H25N3O5. The van der Waals surface area contributed by atoms with Gasteiger partial charge in [0.2, 0.25) is 6.41 Å². The first-order valence-corrected chi connectivity index (χ1v) is 10.1. The van der Waals surface area contributed by atoms with E-state index in [-0.39, 0.29) is 23.7 Å². The van der Waals surface area contributed by atoms with Crippen LogP contribution in [0.4, 0.5) is 11.4 Å². The Morgan fingerprint density at radius 1 is 1.30 bits per heavy atom. The van der Waals surface area contributed by atoms with Gasteiger partial charge in [-0.25, -0.2) is 0 Å². The van der Waals surface area contributed by atoms with Crippen LogP contribution in [0.5, 0.6) is 5.75 Å². The molecule has 4 rings (SSSR count). The Kier molecular flexibility index (Phi) is 5.44. The number of nitro benzene ring substituents is 1. The Hall–Kier alpha value is -2.97.